The number of nitrogens with one attached hydrogen (secondary N) is 2. The van der Waals surface area contributed by atoms with Crippen LogP contribution in [0.5, 0.6) is 0 Å². The fourth-order valence-electron chi connectivity index (χ4n) is 4.70. The summed E-state index contributed by atoms with van der Waals surface area (Å²) in [6.45, 7) is 1.55. The predicted molar refractivity (Wildman–Crippen MR) is 103 cm³/mol. The summed E-state index contributed by atoms with van der Waals surface area (Å²) in [5, 5.41) is 7.10. The number of carbonyl (C=O) groups is 2. The lowest BCUT2D eigenvalue weighted by molar-refractivity contribution is -0.117. The zero-order valence-electron chi connectivity index (χ0n) is 15.0. The maximum Gasteiger partial charge on any atom is 0.256 e. The molecule has 3 heterocycles. The third kappa shape index (κ3) is 3.89. The summed E-state index contributed by atoms with van der Waals surface area (Å²) in [6.07, 6.45) is 7.20. The Morgan fingerprint density at radius 2 is 1.85 bits per heavy atom. The molecule has 1 aromatic carbocycles. The monoisotopic (exact) mass is 375 g/mol. The molecule has 3 saturated heterocycles. The average molecular weight is 376 g/mol. The second kappa shape index (κ2) is 7.57. The highest BCUT2D eigenvalue weighted by Gasteiger charge is 2.34. The van der Waals surface area contributed by atoms with Crippen LogP contribution < -0.4 is 10.6 Å². The number of rotatable bonds is 4. The lowest BCUT2D eigenvalue weighted by atomic mass is 9.89. The molecule has 2 N–H and O–H groups in total. The number of nitrogens with zero attached hydrogens (tertiary/aromatic N) is 1. The molecule has 2 amide bonds. The van der Waals surface area contributed by atoms with Gasteiger partial charge in [0, 0.05) is 36.6 Å². The molecule has 6 heteroatoms. The Kier molecular flexibility index (Phi) is 5.18. The van der Waals surface area contributed by atoms with Crippen LogP contribution in [0.2, 0.25) is 5.02 Å². The molecule has 0 aliphatic carbocycles. The number of piperidine rings is 1. The van der Waals surface area contributed by atoms with Gasteiger partial charge in [-0.05, 0) is 62.6 Å². The highest BCUT2D eigenvalue weighted by molar-refractivity contribution is 6.31. The van der Waals surface area contributed by atoms with Crippen molar-refractivity contribution in [2.75, 3.05) is 18.4 Å². The van der Waals surface area contributed by atoms with E-state index in [4.69, 9.17) is 11.6 Å². The largest absolute Gasteiger partial charge is 0.339 e. The van der Waals surface area contributed by atoms with E-state index in [1.165, 1.54) is 12.8 Å². The standard InChI is InChI=1S/C20H26ClN3O2/c21-14-3-6-18(17(12-14)20(26)24-7-1-2-8-24)23-19(25)11-13-9-15-4-5-16(10-13)22-15/h3,6,12-13,15-16,22H,1-2,4-5,7-11H2,(H,23,25). The molecule has 0 radical (unpaired) electrons. The van der Waals surface area contributed by atoms with E-state index in [9.17, 15) is 9.59 Å². The molecule has 140 valence electrons. The zero-order chi connectivity index (χ0) is 18.1. The van der Waals surface area contributed by atoms with Gasteiger partial charge in [-0.15, -0.1) is 0 Å². The van der Waals surface area contributed by atoms with Crippen LogP contribution in [0, 0.1) is 5.92 Å². The van der Waals surface area contributed by atoms with Crippen molar-refractivity contribution in [3.63, 3.8) is 0 Å². The molecular weight excluding hydrogens is 350 g/mol. The van der Waals surface area contributed by atoms with E-state index in [0.29, 0.717) is 40.7 Å². The Bertz CT molecular complexity index is 690. The molecule has 3 aliphatic heterocycles. The molecule has 2 atom stereocenters. The van der Waals surface area contributed by atoms with Gasteiger partial charge < -0.3 is 15.5 Å². The molecule has 0 aromatic heterocycles. The number of amides is 2. The van der Waals surface area contributed by atoms with Crippen molar-refractivity contribution in [1.82, 2.24) is 10.2 Å². The summed E-state index contributed by atoms with van der Waals surface area (Å²) in [5.74, 6) is 0.382. The van der Waals surface area contributed by atoms with Crippen molar-refractivity contribution < 1.29 is 9.59 Å². The third-order valence-electron chi connectivity index (χ3n) is 5.92. The number of anilines is 1. The highest BCUT2D eigenvalue weighted by atomic mass is 35.5. The first-order chi connectivity index (χ1) is 12.6. The Hall–Kier alpha value is -1.59. The van der Waals surface area contributed by atoms with Crippen LogP contribution in [-0.2, 0) is 4.79 Å². The van der Waals surface area contributed by atoms with Gasteiger partial charge in [-0.25, -0.2) is 0 Å². The molecule has 5 nitrogen and oxygen atoms in total. The number of halogens is 1. The average Bonchev–Trinajstić information content (AvgIpc) is 3.26. The van der Waals surface area contributed by atoms with E-state index in [-0.39, 0.29) is 11.8 Å². The van der Waals surface area contributed by atoms with E-state index < -0.39 is 0 Å². The second-order valence-corrected chi connectivity index (χ2v) is 8.35. The number of benzene rings is 1. The molecule has 0 spiro atoms. The smallest absolute Gasteiger partial charge is 0.256 e. The topological polar surface area (TPSA) is 61.4 Å². The molecule has 4 rings (SSSR count). The van der Waals surface area contributed by atoms with Gasteiger partial charge in [0.25, 0.3) is 5.91 Å². The second-order valence-electron chi connectivity index (χ2n) is 7.92. The molecule has 0 saturated carbocycles. The van der Waals surface area contributed by atoms with Gasteiger partial charge in [-0.2, -0.15) is 0 Å². The number of hydrogen-bond acceptors (Lipinski definition) is 3. The van der Waals surface area contributed by atoms with Crippen molar-refractivity contribution in [3.05, 3.63) is 28.8 Å². The van der Waals surface area contributed by atoms with Crippen molar-refractivity contribution >= 4 is 29.1 Å². The summed E-state index contributed by atoms with van der Waals surface area (Å²) < 4.78 is 0. The summed E-state index contributed by atoms with van der Waals surface area (Å²) in [5.41, 5.74) is 1.08. The molecule has 26 heavy (non-hydrogen) atoms. The Morgan fingerprint density at radius 3 is 2.54 bits per heavy atom. The van der Waals surface area contributed by atoms with Gasteiger partial charge in [0.2, 0.25) is 5.91 Å². The molecule has 1 aromatic rings. The van der Waals surface area contributed by atoms with E-state index in [1.54, 1.807) is 18.2 Å². The van der Waals surface area contributed by atoms with Crippen LogP contribution in [-0.4, -0.2) is 41.9 Å². The minimum atomic E-state index is -0.0415. The number of fused-ring (bicyclic) bond motifs is 2. The minimum Gasteiger partial charge on any atom is -0.339 e. The van der Waals surface area contributed by atoms with Crippen LogP contribution in [0.1, 0.15) is 55.3 Å². The van der Waals surface area contributed by atoms with E-state index in [1.807, 2.05) is 4.90 Å². The van der Waals surface area contributed by atoms with Crippen LogP contribution in [0.25, 0.3) is 0 Å². The number of carbonyl (C=O) groups excluding carboxylic acids is 2. The van der Waals surface area contributed by atoms with Crippen molar-refractivity contribution in [2.45, 2.75) is 57.0 Å². The Balaban J connectivity index is 1.43. The van der Waals surface area contributed by atoms with Crippen molar-refractivity contribution in [2.24, 2.45) is 5.92 Å². The zero-order valence-corrected chi connectivity index (χ0v) is 15.7. The first-order valence-electron chi connectivity index (χ1n) is 9.73. The van der Waals surface area contributed by atoms with Gasteiger partial charge in [-0.1, -0.05) is 11.6 Å². The normalized spacial score (nSPS) is 27.6. The van der Waals surface area contributed by atoms with Gasteiger partial charge in [-0.3, -0.25) is 9.59 Å². The van der Waals surface area contributed by atoms with Gasteiger partial charge in [0.05, 0.1) is 11.3 Å². The third-order valence-corrected chi connectivity index (χ3v) is 6.16. The maximum absolute atomic E-state index is 12.8. The number of likely N-dealkylation sites (tertiary alicyclic amines) is 1. The Morgan fingerprint density at radius 1 is 1.15 bits per heavy atom. The fourth-order valence-corrected chi connectivity index (χ4v) is 4.87. The fraction of sp³-hybridized carbons (Fsp3) is 0.600. The van der Waals surface area contributed by atoms with Crippen molar-refractivity contribution in [3.8, 4) is 0 Å². The minimum absolute atomic E-state index is 0.00547. The quantitative estimate of drug-likeness (QED) is 0.847. The van der Waals surface area contributed by atoms with E-state index in [2.05, 4.69) is 10.6 Å². The van der Waals surface area contributed by atoms with E-state index in [0.717, 1.165) is 38.8 Å². The van der Waals surface area contributed by atoms with Crippen LogP contribution in [0.4, 0.5) is 5.69 Å². The lowest BCUT2D eigenvalue weighted by Gasteiger charge is -2.28. The van der Waals surface area contributed by atoms with E-state index >= 15 is 0 Å². The van der Waals surface area contributed by atoms with Crippen LogP contribution in [0.3, 0.4) is 0 Å². The van der Waals surface area contributed by atoms with Crippen LogP contribution in [0.15, 0.2) is 18.2 Å². The summed E-state index contributed by atoms with van der Waals surface area (Å²) in [6, 6.07) is 6.30. The first kappa shape index (κ1) is 17.8. The van der Waals surface area contributed by atoms with Crippen molar-refractivity contribution in [1.29, 1.82) is 0 Å². The SMILES string of the molecule is O=C(CC1CC2CCC(C1)N2)Nc1ccc(Cl)cc1C(=O)N1CCCC1. The molecule has 2 bridgehead atoms. The maximum atomic E-state index is 12.8. The van der Waals surface area contributed by atoms with Crippen LogP contribution >= 0.6 is 11.6 Å². The lowest BCUT2D eigenvalue weighted by Crippen LogP contribution is -2.39. The van der Waals surface area contributed by atoms with Gasteiger partial charge in [0.15, 0.2) is 0 Å². The molecule has 3 aliphatic rings. The van der Waals surface area contributed by atoms with Gasteiger partial charge in [0.1, 0.15) is 0 Å². The Labute approximate surface area is 159 Å². The number of hydrogen-bond donors (Lipinski definition) is 2. The molecule has 3 fully saturated rings. The van der Waals surface area contributed by atoms with Gasteiger partial charge >= 0.3 is 0 Å². The first-order valence-corrected chi connectivity index (χ1v) is 10.1. The molecular formula is C20H26ClN3O2. The summed E-state index contributed by atoms with van der Waals surface area (Å²) in [7, 11) is 0. The summed E-state index contributed by atoms with van der Waals surface area (Å²) >= 11 is 6.11. The predicted octanol–water partition coefficient (Wildman–Crippen LogP) is 3.44. The molecule has 2 unspecified atom stereocenters. The summed E-state index contributed by atoms with van der Waals surface area (Å²) in [4.78, 5) is 27.2. The highest BCUT2D eigenvalue weighted by Crippen LogP contribution is 2.33.